The Kier molecular flexibility index (Phi) is 9.04. The quantitative estimate of drug-likeness (QED) is 0.169. The van der Waals surface area contributed by atoms with E-state index < -0.39 is 18.1 Å². The Labute approximate surface area is 154 Å². The second-order valence-electron chi connectivity index (χ2n) is 7.12. The smallest absolute Gasteiger partial charge is 0.245 e. The minimum atomic E-state index is -0.740. The number of nitrogens with one attached hydrogen (secondary N) is 1. The molecule has 0 aliphatic carbocycles. The van der Waals surface area contributed by atoms with Gasteiger partial charge in [0.1, 0.15) is 12.3 Å². The topological polar surface area (TPSA) is 157 Å². The number of rotatable bonds is 10. The number of aldehydes is 1. The van der Waals surface area contributed by atoms with Crippen LogP contribution in [0.1, 0.15) is 46.0 Å². The van der Waals surface area contributed by atoms with Gasteiger partial charge >= 0.3 is 0 Å². The minimum Gasteiger partial charge on any atom is -0.370 e. The van der Waals surface area contributed by atoms with E-state index in [0.29, 0.717) is 38.8 Å². The summed E-state index contributed by atoms with van der Waals surface area (Å²) in [6, 6.07) is -1.84. The third-order valence-corrected chi connectivity index (χ3v) is 4.36. The van der Waals surface area contributed by atoms with Crippen molar-refractivity contribution in [3.05, 3.63) is 0 Å². The lowest BCUT2D eigenvalue weighted by atomic mass is 10.0. The Morgan fingerprint density at radius 1 is 1.35 bits per heavy atom. The Morgan fingerprint density at radius 2 is 2.04 bits per heavy atom. The van der Waals surface area contributed by atoms with E-state index in [1.165, 1.54) is 4.90 Å². The van der Waals surface area contributed by atoms with E-state index in [0.717, 1.165) is 12.7 Å². The molecular weight excluding hydrogens is 336 g/mol. The number of hydrogen-bond donors (Lipinski definition) is 4. The Morgan fingerprint density at radius 3 is 2.62 bits per heavy atom. The maximum absolute atomic E-state index is 12.8. The minimum absolute atomic E-state index is 0.0172. The Hall–Kier alpha value is -2.16. The van der Waals surface area contributed by atoms with Crippen molar-refractivity contribution in [1.82, 2.24) is 10.2 Å². The molecule has 26 heavy (non-hydrogen) atoms. The van der Waals surface area contributed by atoms with Crippen molar-refractivity contribution in [1.29, 1.82) is 0 Å². The monoisotopic (exact) mass is 368 g/mol. The van der Waals surface area contributed by atoms with Crippen molar-refractivity contribution >= 4 is 24.1 Å². The summed E-state index contributed by atoms with van der Waals surface area (Å²) in [6.45, 7) is 4.82. The van der Waals surface area contributed by atoms with Gasteiger partial charge in [-0.15, -0.1) is 0 Å². The summed E-state index contributed by atoms with van der Waals surface area (Å²) in [5, 5.41) is 2.75. The maximum Gasteiger partial charge on any atom is 0.245 e. The van der Waals surface area contributed by atoms with Crippen LogP contribution in [0.2, 0.25) is 0 Å². The largest absolute Gasteiger partial charge is 0.370 e. The van der Waals surface area contributed by atoms with Crippen LogP contribution >= 0.6 is 0 Å². The number of carbonyl (C=O) groups excluding carboxylic acids is 3. The highest BCUT2D eigenvalue weighted by molar-refractivity contribution is 5.91. The summed E-state index contributed by atoms with van der Waals surface area (Å²) in [7, 11) is 0. The predicted molar refractivity (Wildman–Crippen MR) is 100 cm³/mol. The summed E-state index contributed by atoms with van der Waals surface area (Å²) in [5.41, 5.74) is 16.5. The molecule has 1 fully saturated rings. The van der Waals surface area contributed by atoms with Gasteiger partial charge in [-0.25, -0.2) is 0 Å². The molecule has 7 N–H and O–H groups in total. The molecule has 0 bridgehead atoms. The van der Waals surface area contributed by atoms with Crippen LogP contribution in [0.25, 0.3) is 0 Å². The second kappa shape index (κ2) is 10.7. The van der Waals surface area contributed by atoms with E-state index in [-0.39, 0.29) is 23.7 Å². The van der Waals surface area contributed by atoms with E-state index in [9.17, 15) is 14.4 Å². The first kappa shape index (κ1) is 21.9. The van der Waals surface area contributed by atoms with Crippen LogP contribution in [-0.4, -0.2) is 60.2 Å². The summed E-state index contributed by atoms with van der Waals surface area (Å²) in [4.78, 5) is 41.8. The number of carbonyl (C=O) groups is 3. The normalized spacial score (nSPS) is 19.1. The molecule has 1 aliphatic rings. The van der Waals surface area contributed by atoms with Gasteiger partial charge in [0.2, 0.25) is 11.8 Å². The molecule has 9 heteroatoms. The van der Waals surface area contributed by atoms with Gasteiger partial charge in [-0.05, 0) is 38.0 Å². The molecule has 9 nitrogen and oxygen atoms in total. The van der Waals surface area contributed by atoms with Crippen molar-refractivity contribution in [2.24, 2.45) is 28.1 Å². The van der Waals surface area contributed by atoms with Crippen LogP contribution in [0.5, 0.6) is 0 Å². The summed E-state index contributed by atoms with van der Waals surface area (Å²) < 4.78 is 0. The standard InChI is InChI=1S/C17H32N6O3/c1-11(2)9-13(18)15(25)22-14(6-3-7-21-17(19)20)16(26)23-8-4-5-12(23)10-24/h10-14H,3-9,18H2,1-2H3,(H,22,25)(H4,19,20,21)/t12-,13-,14-/m0/s1. The van der Waals surface area contributed by atoms with E-state index in [1.54, 1.807) is 0 Å². The van der Waals surface area contributed by atoms with Crippen molar-refractivity contribution in [3.63, 3.8) is 0 Å². The first-order valence-corrected chi connectivity index (χ1v) is 9.13. The molecule has 0 aromatic rings. The SMILES string of the molecule is CC(C)C[C@H](N)C(=O)N[C@@H](CCCN=C(N)N)C(=O)N1CCC[C@H]1C=O. The molecule has 1 heterocycles. The van der Waals surface area contributed by atoms with Gasteiger partial charge in [0, 0.05) is 13.1 Å². The fourth-order valence-electron chi connectivity index (χ4n) is 3.06. The average Bonchev–Trinajstić information content (AvgIpc) is 3.04. The fourth-order valence-corrected chi connectivity index (χ4v) is 3.06. The molecule has 148 valence electrons. The molecule has 0 radical (unpaired) electrons. The second-order valence-corrected chi connectivity index (χ2v) is 7.12. The van der Waals surface area contributed by atoms with Crippen molar-refractivity contribution < 1.29 is 14.4 Å². The van der Waals surface area contributed by atoms with Crippen LogP contribution in [0.3, 0.4) is 0 Å². The van der Waals surface area contributed by atoms with E-state index in [1.807, 2.05) is 13.8 Å². The Balaban J connectivity index is 2.77. The van der Waals surface area contributed by atoms with Crippen LogP contribution in [-0.2, 0) is 14.4 Å². The number of aliphatic imine (C=N–C) groups is 1. The van der Waals surface area contributed by atoms with Crippen LogP contribution < -0.4 is 22.5 Å². The average molecular weight is 368 g/mol. The summed E-state index contributed by atoms with van der Waals surface area (Å²) >= 11 is 0. The zero-order chi connectivity index (χ0) is 19.7. The van der Waals surface area contributed by atoms with Crippen molar-refractivity contribution in [2.75, 3.05) is 13.1 Å². The predicted octanol–water partition coefficient (Wildman–Crippen LogP) is -0.912. The van der Waals surface area contributed by atoms with Gasteiger partial charge in [-0.3, -0.25) is 14.6 Å². The number of nitrogens with two attached hydrogens (primary N) is 3. The lowest BCUT2D eigenvalue weighted by molar-refractivity contribution is -0.139. The van der Waals surface area contributed by atoms with Crippen LogP contribution in [0.15, 0.2) is 4.99 Å². The van der Waals surface area contributed by atoms with E-state index in [4.69, 9.17) is 17.2 Å². The lowest BCUT2D eigenvalue weighted by Crippen LogP contribution is -2.53. The molecule has 0 aromatic heterocycles. The van der Waals surface area contributed by atoms with E-state index in [2.05, 4.69) is 10.3 Å². The molecular formula is C17H32N6O3. The van der Waals surface area contributed by atoms with Crippen molar-refractivity contribution in [2.45, 2.75) is 64.1 Å². The number of hydrogen-bond acceptors (Lipinski definition) is 5. The molecule has 1 saturated heterocycles. The number of nitrogens with zero attached hydrogens (tertiary/aromatic N) is 2. The first-order valence-electron chi connectivity index (χ1n) is 9.13. The van der Waals surface area contributed by atoms with Crippen molar-refractivity contribution in [3.8, 4) is 0 Å². The molecule has 0 saturated carbocycles. The molecule has 1 rings (SSSR count). The third kappa shape index (κ3) is 6.99. The Bertz CT molecular complexity index is 519. The number of guanidine groups is 1. The zero-order valence-electron chi connectivity index (χ0n) is 15.7. The number of likely N-dealkylation sites (tertiary alicyclic amines) is 1. The molecule has 2 amide bonds. The molecule has 3 atom stereocenters. The maximum atomic E-state index is 12.8. The summed E-state index contributed by atoms with van der Waals surface area (Å²) in [6.07, 6.45) is 3.63. The summed E-state index contributed by atoms with van der Waals surface area (Å²) in [5.74, 6) is -0.364. The molecule has 0 aromatic carbocycles. The molecule has 1 aliphatic heterocycles. The first-order chi connectivity index (χ1) is 12.3. The van der Waals surface area contributed by atoms with Gasteiger partial charge in [0.05, 0.1) is 12.1 Å². The van der Waals surface area contributed by atoms with Gasteiger partial charge in [-0.2, -0.15) is 0 Å². The van der Waals surface area contributed by atoms with Gasteiger partial charge < -0.3 is 32.2 Å². The van der Waals surface area contributed by atoms with Gasteiger partial charge in [0.15, 0.2) is 5.96 Å². The third-order valence-electron chi connectivity index (χ3n) is 4.36. The highest BCUT2D eigenvalue weighted by Crippen LogP contribution is 2.18. The highest BCUT2D eigenvalue weighted by Gasteiger charge is 2.34. The molecule has 0 spiro atoms. The number of amides is 2. The van der Waals surface area contributed by atoms with Gasteiger partial charge in [0.25, 0.3) is 0 Å². The van der Waals surface area contributed by atoms with Crippen LogP contribution in [0.4, 0.5) is 0 Å². The highest BCUT2D eigenvalue weighted by atomic mass is 16.2. The lowest BCUT2D eigenvalue weighted by Gasteiger charge is -2.27. The fraction of sp³-hybridized carbons (Fsp3) is 0.765. The van der Waals surface area contributed by atoms with Gasteiger partial charge in [-0.1, -0.05) is 13.8 Å². The molecule has 0 unspecified atom stereocenters. The van der Waals surface area contributed by atoms with E-state index >= 15 is 0 Å². The zero-order valence-corrected chi connectivity index (χ0v) is 15.7. The van der Waals surface area contributed by atoms with Crippen LogP contribution in [0, 0.1) is 5.92 Å².